The normalized spacial score (nSPS) is 15.8. The molecule has 2 aromatic rings. The summed E-state index contributed by atoms with van der Waals surface area (Å²) in [6, 6.07) is 12.0. The number of rotatable bonds is 4. The molecule has 0 aliphatic carbocycles. The van der Waals surface area contributed by atoms with Gasteiger partial charge in [0.2, 0.25) is 11.9 Å². The molecule has 0 N–H and O–H groups in total. The van der Waals surface area contributed by atoms with E-state index in [1.807, 2.05) is 6.07 Å². The minimum atomic E-state index is -1.01. The van der Waals surface area contributed by atoms with Gasteiger partial charge in [-0.1, -0.05) is 30.3 Å². The third-order valence-electron chi connectivity index (χ3n) is 3.65. The molecule has 1 fully saturated rings. The monoisotopic (exact) mass is 393 g/mol. The molecule has 1 atom stereocenters. The molecule has 1 aromatic carbocycles. The van der Waals surface area contributed by atoms with Gasteiger partial charge in [0, 0.05) is 18.7 Å². The van der Waals surface area contributed by atoms with Crippen molar-refractivity contribution in [2.75, 3.05) is 26.3 Å². The second kappa shape index (κ2) is 7.63. The SMILES string of the molecule is O=C(OC(C(=O)N1CCOCC1)c1ccccc1)c1ccc(Br)o1. The Hall–Kier alpha value is -2.12. The predicted molar refractivity (Wildman–Crippen MR) is 88.4 cm³/mol. The third-order valence-corrected chi connectivity index (χ3v) is 4.07. The van der Waals surface area contributed by atoms with Crippen LogP contribution >= 0.6 is 15.9 Å². The predicted octanol–water partition coefficient (Wildman–Crippen LogP) is 2.80. The Kier molecular flexibility index (Phi) is 5.32. The average molecular weight is 394 g/mol. The summed E-state index contributed by atoms with van der Waals surface area (Å²) in [5.41, 5.74) is 0.618. The van der Waals surface area contributed by atoms with Gasteiger partial charge in [-0.25, -0.2) is 4.79 Å². The van der Waals surface area contributed by atoms with Crippen LogP contribution in [-0.4, -0.2) is 43.1 Å². The van der Waals surface area contributed by atoms with E-state index < -0.39 is 12.1 Å². The maximum atomic E-state index is 12.8. The number of benzene rings is 1. The minimum Gasteiger partial charge on any atom is -0.442 e. The number of carbonyl (C=O) groups excluding carboxylic acids is 2. The maximum Gasteiger partial charge on any atom is 0.375 e. The van der Waals surface area contributed by atoms with Gasteiger partial charge >= 0.3 is 5.97 Å². The summed E-state index contributed by atoms with van der Waals surface area (Å²) >= 11 is 3.14. The fourth-order valence-electron chi connectivity index (χ4n) is 2.43. The Bertz CT molecular complexity index is 709. The molecular weight excluding hydrogens is 378 g/mol. The van der Waals surface area contributed by atoms with E-state index in [1.54, 1.807) is 35.2 Å². The van der Waals surface area contributed by atoms with Crippen molar-refractivity contribution in [1.29, 1.82) is 0 Å². The fourth-order valence-corrected chi connectivity index (χ4v) is 2.73. The van der Waals surface area contributed by atoms with Crippen LogP contribution in [0.4, 0.5) is 0 Å². The molecule has 1 amide bonds. The van der Waals surface area contributed by atoms with Crippen LogP contribution in [0.15, 0.2) is 51.6 Å². The lowest BCUT2D eigenvalue weighted by Gasteiger charge is -2.30. The van der Waals surface area contributed by atoms with E-state index in [0.717, 1.165) is 0 Å². The van der Waals surface area contributed by atoms with Crippen molar-refractivity contribution in [3.8, 4) is 0 Å². The van der Waals surface area contributed by atoms with E-state index in [-0.39, 0.29) is 11.7 Å². The number of esters is 1. The second-order valence-electron chi connectivity index (χ2n) is 5.24. The van der Waals surface area contributed by atoms with E-state index in [2.05, 4.69) is 15.9 Å². The molecule has 1 unspecified atom stereocenters. The number of nitrogens with zero attached hydrogens (tertiary/aromatic N) is 1. The van der Waals surface area contributed by atoms with Gasteiger partial charge in [-0.05, 0) is 28.1 Å². The zero-order chi connectivity index (χ0) is 16.9. The number of carbonyl (C=O) groups is 2. The van der Waals surface area contributed by atoms with Crippen LogP contribution < -0.4 is 0 Å². The van der Waals surface area contributed by atoms with Crippen molar-refractivity contribution in [2.45, 2.75) is 6.10 Å². The van der Waals surface area contributed by atoms with Gasteiger partial charge in [0.1, 0.15) is 0 Å². The van der Waals surface area contributed by atoms with E-state index in [9.17, 15) is 9.59 Å². The molecule has 7 heteroatoms. The first-order chi connectivity index (χ1) is 11.6. The van der Waals surface area contributed by atoms with Crippen LogP contribution in [0.5, 0.6) is 0 Å². The largest absolute Gasteiger partial charge is 0.442 e. The van der Waals surface area contributed by atoms with E-state index in [4.69, 9.17) is 13.9 Å². The smallest absolute Gasteiger partial charge is 0.375 e. The lowest BCUT2D eigenvalue weighted by Crippen LogP contribution is -2.44. The van der Waals surface area contributed by atoms with E-state index in [1.165, 1.54) is 6.07 Å². The van der Waals surface area contributed by atoms with Crippen LogP contribution in [-0.2, 0) is 14.3 Å². The van der Waals surface area contributed by atoms with Gasteiger partial charge in [0.15, 0.2) is 4.67 Å². The summed E-state index contributed by atoms with van der Waals surface area (Å²) in [6.45, 7) is 1.91. The molecule has 1 aliphatic heterocycles. The molecule has 0 radical (unpaired) electrons. The lowest BCUT2D eigenvalue weighted by molar-refractivity contribution is -0.145. The molecular formula is C17H16BrNO5. The first kappa shape index (κ1) is 16.7. The number of halogens is 1. The molecule has 2 heterocycles. The summed E-state index contributed by atoms with van der Waals surface area (Å²) < 4.78 is 16.4. The van der Waals surface area contributed by atoms with Crippen LogP contribution in [0.1, 0.15) is 22.2 Å². The molecule has 0 spiro atoms. The van der Waals surface area contributed by atoms with Crippen LogP contribution in [0.2, 0.25) is 0 Å². The molecule has 1 aromatic heterocycles. The highest BCUT2D eigenvalue weighted by molar-refractivity contribution is 9.10. The molecule has 3 rings (SSSR count). The van der Waals surface area contributed by atoms with Crippen LogP contribution in [0.25, 0.3) is 0 Å². The van der Waals surface area contributed by atoms with E-state index in [0.29, 0.717) is 36.5 Å². The number of ether oxygens (including phenoxy) is 2. The van der Waals surface area contributed by atoms with Gasteiger partial charge in [-0.3, -0.25) is 4.79 Å². The third kappa shape index (κ3) is 3.85. The lowest BCUT2D eigenvalue weighted by atomic mass is 10.1. The molecule has 6 nitrogen and oxygen atoms in total. The van der Waals surface area contributed by atoms with Crippen molar-refractivity contribution in [3.63, 3.8) is 0 Å². The molecule has 0 bridgehead atoms. The first-order valence-corrected chi connectivity index (χ1v) is 8.32. The topological polar surface area (TPSA) is 69.0 Å². The van der Waals surface area contributed by atoms with Gasteiger partial charge in [-0.2, -0.15) is 0 Å². The van der Waals surface area contributed by atoms with Crippen molar-refractivity contribution >= 4 is 27.8 Å². The zero-order valence-electron chi connectivity index (χ0n) is 12.8. The highest BCUT2D eigenvalue weighted by Crippen LogP contribution is 2.24. The van der Waals surface area contributed by atoms with Crippen LogP contribution in [0, 0.1) is 0 Å². The highest BCUT2D eigenvalue weighted by atomic mass is 79.9. The quantitative estimate of drug-likeness (QED) is 0.746. The highest BCUT2D eigenvalue weighted by Gasteiger charge is 2.31. The Morgan fingerprint density at radius 2 is 1.79 bits per heavy atom. The fraction of sp³-hybridized carbons (Fsp3) is 0.294. The molecule has 24 heavy (non-hydrogen) atoms. The Morgan fingerprint density at radius 1 is 1.08 bits per heavy atom. The Morgan fingerprint density at radius 3 is 2.42 bits per heavy atom. The van der Waals surface area contributed by atoms with Crippen LogP contribution in [0.3, 0.4) is 0 Å². The average Bonchev–Trinajstić information content (AvgIpc) is 3.07. The number of hydrogen-bond donors (Lipinski definition) is 0. The van der Waals surface area contributed by atoms with Gasteiger partial charge < -0.3 is 18.8 Å². The Balaban J connectivity index is 1.82. The number of morpholine rings is 1. The van der Waals surface area contributed by atoms with Gasteiger partial charge in [-0.15, -0.1) is 0 Å². The molecule has 1 aliphatic rings. The summed E-state index contributed by atoms with van der Waals surface area (Å²) in [5, 5.41) is 0. The standard InChI is InChI=1S/C17H16BrNO5/c18-14-7-6-13(23-14)17(21)24-15(12-4-2-1-3-5-12)16(20)19-8-10-22-11-9-19/h1-7,15H,8-11H2. The van der Waals surface area contributed by atoms with Crippen molar-refractivity contribution in [3.05, 3.63) is 58.5 Å². The number of hydrogen-bond acceptors (Lipinski definition) is 5. The van der Waals surface area contributed by atoms with Gasteiger partial charge in [0.05, 0.1) is 13.2 Å². The first-order valence-electron chi connectivity index (χ1n) is 7.53. The van der Waals surface area contributed by atoms with Crippen molar-refractivity contribution < 1.29 is 23.5 Å². The molecule has 126 valence electrons. The number of amides is 1. The van der Waals surface area contributed by atoms with E-state index >= 15 is 0 Å². The molecule has 0 saturated carbocycles. The van der Waals surface area contributed by atoms with Crippen molar-refractivity contribution in [2.24, 2.45) is 0 Å². The van der Waals surface area contributed by atoms with Crippen molar-refractivity contribution in [1.82, 2.24) is 4.90 Å². The molecule has 1 saturated heterocycles. The summed E-state index contributed by atoms with van der Waals surface area (Å²) in [7, 11) is 0. The Labute approximate surface area is 147 Å². The second-order valence-corrected chi connectivity index (χ2v) is 6.02. The summed E-state index contributed by atoms with van der Waals surface area (Å²) in [5.74, 6) is -0.905. The minimum absolute atomic E-state index is 0.0394. The summed E-state index contributed by atoms with van der Waals surface area (Å²) in [6.07, 6.45) is -1.01. The number of furan rings is 1. The zero-order valence-corrected chi connectivity index (χ0v) is 14.4. The maximum absolute atomic E-state index is 12.8. The summed E-state index contributed by atoms with van der Waals surface area (Å²) in [4.78, 5) is 26.8. The van der Waals surface area contributed by atoms with Gasteiger partial charge in [0.25, 0.3) is 5.91 Å².